The first-order valence-electron chi connectivity index (χ1n) is 9.72. The van der Waals surface area contributed by atoms with Crippen molar-refractivity contribution < 1.29 is 18.7 Å². The molecule has 0 radical (unpaired) electrons. The lowest BCUT2D eigenvalue weighted by atomic mass is 10.0. The molecule has 148 valence electrons. The fraction of sp³-hybridized carbons (Fsp3) is 0.476. The number of carbonyl (C=O) groups excluding carboxylic acids is 2. The minimum atomic E-state index is -0.469. The highest BCUT2D eigenvalue weighted by atomic mass is 16.5. The summed E-state index contributed by atoms with van der Waals surface area (Å²) in [4.78, 5) is 41.3. The van der Waals surface area contributed by atoms with Crippen molar-refractivity contribution >= 4 is 22.8 Å². The molecule has 28 heavy (non-hydrogen) atoms. The number of likely N-dealkylation sites (tertiary alicyclic amines) is 1. The molecule has 1 atom stereocenters. The van der Waals surface area contributed by atoms with Crippen molar-refractivity contribution in [1.29, 1.82) is 0 Å². The van der Waals surface area contributed by atoms with Crippen molar-refractivity contribution in [2.24, 2.45) is 0 Å². The van der Waals surface area contributed by atoms with Crippen molar-refractivity contribution in [3.05, 3.63) is 45.8 Å². The highest BCUT2D eigenvalue weighted by molar-refractivity contribution is 5.91. The van der Waals surface area contributed by atoms with Gasteiger partial charge in [-0.05, 0) is 37.0 Å². The van der Waals surface area contributed by atoms with E-state index in [0.29, 0.717) is 50.4 Å². The number of morpholine rings is 1. The number of benzene rings is 1. The van der Waals surface area contributed by atoms with E-state index >= 15 is 0 Å². The highest BCUT2D eigenvalue weighted by Crippen LogP contribution is 2.24. The molecule has 7 heteroatoms. The van der Waals surface area contributed by atoms with Gasteiger partial charge in [0.1, 0.15) is 11.6 Å². The fourth-order valence-electron chi connectivity index (χ4n) is 4.06. The van der Waals surface area contributed by atoms with Gasteiger partial charge in [0.15, 0.2) is 0 Å². The minimum Gasteiger partial charge on any atom is -0.423 e. The van der Waals surface area contributed by atoms with Crippen LogP contribution in [0.3, 0.4) is 0 Å². The molecule has 3 heterocycles. The summed E-state index contributed by atoms with van der Waals surface area (Å²) >= 11 is 0. The maximum absolute atomic E-state index is 13.0. The summed E-state index contributed by atoms with van der Waals surface area (Å²) in [7, 11) is 0. The second kappa shape index (κ2) is 7.75. The predicted molar refractivity (Wildman–Crippen MR) is 103 cm³/mol. The van der Waals surface area contributed by atoms with E-state index < -0.39 is 11.7 Å². The van der Waals surface area contributed by atoms with Gasteiger partial charge in [-0.3, -0.25) is 9.59 Å². The van der Waals surface area contributed by atoms with Gasteiger partial charge in [0.05, 0.1) is 19.6 Å². The summed E-state index contributed by atoms with van der Waals surface area (Å²) in [6, 6.07) is 6.56. The summed E-state index contributed by atoms with van der Waals surface area (Å²) in [5.74, 6) is -0.126. The topological polar surface area (TPSA) is 80.1 Å². The second-order valence-corrected chi connectivity index (χ2v) is 7.45. The third-order valence-electron chi connectivity index (χ3n) is 5.51. The minimum absolute atomic E-state index is 0.00204. The monoisotopic (exact) mass is 384 g/mol. The zero-order valence-corrected chi connectivity index (χ0v) is 16.0. The molecule has 0 unspecified atom stereocenters. The first kappa shape index (κ1) is 18.7. The standard InChI is InChI=1S/C21H24N2O5/c1-14-4-5-16-15(13-20(25)28-18(16)11-14)12-19(24)23-6-2-3-17(23)21(26)22-7-9-27-10-8-22/h4-5,11,13,17H,2-3,6-10,12H2,1H3/t17-/m0/s1. The van der Waals surface area contributed by atoms with E-state index in [1.54, 1.807) is 15.9 Å². The van der Waals surface area contributed by atoms with E-state index in [1.165, 1.54) is 6.07 Å². The lowest BCUT2D eigenvalue weighted by Crippen LogP contribution is -2.51. The van der Waals surface area contributed by atoms with Crippen molar-refractivity contribution in [3.8, 4) is 0 Å². The number of rotatable bonds is 3. The van der Waals surface area contributed by atoms with Crippen LogP contribution in [0.25, 0.3) is 11.0 Å². The van der Waals surface area contributed by atoms with Gasteiger partial charge in [0.2, 0.25) is 11.8 Å². The Morgan fingerprint density at radius 3 is 2.71 bits per heavy atom. The largest absolute Gasteiger partial charge is 0.423 e. The van der Waals surface area contributed by atoms with Crippen LogP contribution in [0.2, 0.25) is 0 Å². The molecule has 0 aliphatic carbocycles. The summed E-state index contributed by atoms with van der Waals surface area (Å²) < 4.78 is 10.6. The van der Waals surface area contributed by atoms with E-state index in [-0.39, 0.29) is 18.2 Å². The third kappa shape index (κ3) is 3.67. The summed E-state index contributed by atoms with van der Waals surface area (Å²) in [6.07, 6.45) is 1.57. The molecule has 2 amide bonds. The van der Waals surface area contributed by atoms with E-state index in [2.05, 4.69) is 0 Å². The van der Waals surface area contributed by atoms with Crippen molar-refractivity contribution in [1.82, 2.24) is 9.80 Å². The van der Waals surface area contributed by atoms with Crippen LogP contribution >= 0.6 is 0 Å². The Hall–Kier alpha value is -2.67. The lowest BCUT2D eigenvalue weighted by Gasteiger charge is -2.32. The van der Waals surface area contributed by atoms with E-state index in [9.17, 15) is 14.4 Å². The van der Waals surface area contributed by atoms with Gasteiger partial charge >= 0.3 is 5.63 Å². The van der Waals surface area contributed by atoms with Crippen molar-refractivity contribution in [2.45, 2.75) is 32.2 Å². The SMILES string of the molecule is Cc1ccc2c(CC(=O)N3CCC[C@H]3C(=O)N3CCOCC3)cc(=O)oc2c1. The van der Waals surface area contributed by atoms with Crippen LogP contribution in [0.15, 0.2) is 33.5 Å². The number of hydrogen-bond acceptors (Lipinski definition) is 5. The molecule has 4 rings (SSSR count). The van der Waals surface area contributed by atoms with Crippen LogP contribution in [0.4, 0.5) is 0 Å². The molecule has 2 saturated heterocycles. The molecular formula is C21H24N2O5. The van der Waals surface area contributed by atoms with Gasteiger partial charge in [-0.15, -0.1) is 0 Å². The van der Waals surface area contributed by atoms with Crippen LogP contribution in [0.1, 0.15) is 24.0 Å². The molecule has 0 saturated carbocycles. The molecule has 1 aromatic carbocycles. The molecule has 0 bridgehead atoms. The van der Waals surface area contributed by atoms with Gasteiger partial charge in [0.25, 0.3) is 0 Å². The number of carbonyl (C=O) groups is 2. The molecule has 2 aliphatic rings. The smallest absolute Gasteiger partial charge is 0.336 e. The average Bonchev–Trinajstić information content (AvgIpc) is 3.17. The molecule has 0 spiro atoms. The van der Waals surface area contributed by atoms with Crippen molar-refractivity contribution in [3.63, 3.8) is 0 Å². The van der Waals surface area contributed by atoms with Gasteiger partial charge in [0, 0.05) is 31.1 Å². The quantitative estimate of drug-likeness (QED) is 0.749. The predicted octanol–water partition coefficient (Wildman–Crippen LogP) is 1.49. The number of fused-ring (bicyclic) bond motifs is 1. The highest BCUT2D eigenvalue weighted by Gasteiger charge is 2.36. The zero-order valence-electron chi connectivity index (χ0n) is 16.0. The van der Waals surface area contributed by atoms with Gasteiger partial charge in [-0.1, -0.05) is 12.1 Å². The summed E-state index contributed by atoms with van der Waals surface area (Å²) in [5, 5.41) is 0.758. The number of ether oxygens (including phenoxy) is 1. The molecule has 2 aromatic rings. The van der Waals surface area contributed by atoms with Crippen LogP contribution < -0.4 is 5.63 Å². The number of aryl methyl sites for hydroxylation is 1. The average molecular weight is 384 g/mol. The van der Waals surface area contributed by atoms with E-state index in [0.717, 1.165) is 17.4 Å². The zero-order chi connectivity index (χ0) is 19.7. The molecule has 7 nitrogen and oxygen atoms in total. The molecule has 1 aromatic heterocycles. The molecule has 2 fully saturated rings. The van der Waals surface area contributed by atoms with Gasteiger partial charge in [-0.2, -0.15) is 0 Å². The van der Waals surface area contributed by atoms with Crippen LogP contribution in [0.5, 0.6) is 0 Å². The van der Waals surface area contributed by atoms with Crippen LogP contribution in [-0.2, 0) is 20.7 Å². The van der Waals surface area contributed by atoms with E-state index in [4.69, 9.17) is 9.15 Å². The maximum atomic E-state index is 13.0. The fourth-order valence-corrected chi connectivity index (χ4v) is 4.06. The molecule has 2 aliphatic heterocycles. The maximum Gasteiger partial charge on any atom is 0.336 e. The molecule has 0 N–H and O–H groups in total. The Morgan fingerprint density at radius 1 is 1.14 bits per heavy atom. The number of hydrogen-bond donors (Lipinski definition) is 0. The number of nitrogens with zero attached hydrogens (tertiary/aromatic N) is 2. The van der Waals surface area contributed by atoms with Crippen LogP contribution in [-0.4, -0.2) is 60.5 Å². The number of amides is 2. The first-order chi connectivity index (χ1) is 13.5. The third-order valence-corrected chi connectivity index (χ3v) is 5.51. The van der Waals surface area contributed by atoms with E-state index in [1.807, 2.05) is 19.1 Å². The Bertz CT molecular complexity index is 961. The van der Waals surface area contributed by atoms with Gasteiger partial charge < -0.3 is 19.0 Å². The Morgan fingerprint density at radius 2 is 1.93 bits per heavy atom. The van der Waals surface area contributed by atoms with Gasteiger partial charge in [-0.25, -0.2) is 4.79 Å². The second-order valence-electron chi connectivity index (χ2n) is 7.45. The summed E-state index contributed by atoms with van der Waals surface area (Å²) in [6.45, 7) is 4.71. The first-order valence-corrected chi connectivity index (χ1v) is 9.72. The Labute approximate surface area is 162 Å². The Balaban J connectivity index is 1.55. The normalized spacial score (nSPS) is 20.0. The summed E-state index contributed by atoms with van der Waals surface area (Å²) in [5.41, 5.74) is 1.64. The molecular weight excluding hydrogens is 360 g/mol. The van der Waals surface area contributed by atoms with Crippen LogP contribution in [0, 0.1) is 6.92 Å². The lowest BCUT2D eigenvalue weighted by molar-refractivity contribution is -0.146. The Kier molecular flexibility index (Phi) is 5.17. The van der Waals surface area contributed by atoms with Crippen molar-refractivity contribution in [2.75, 3.05) is 32.8 Å².